The van der Waals surface area contributed by atoms with Gasteiger partial charge in [0.25, 0.3) is 0 Å². The summed E-state index contributed by atoms with van der Waals surface area (Å²) in [4.78, 5) is 11.0. The molecule has 1 unspecified atom stereocenters. The molecule has 0 aliphatic rings. The highest BCUT2D eigenvalue weighted by Crippen LogP contribution is 2.18. The summed E-state index contributed by atoms with van der Waals surface area (Å²) in [5.74, 6) is 0.940. The van der Waals surface area contributed by atoms with Gasteiger partial charge in [-0.05, 0) is 37.7 Å². The van der Waals surface area contributed by atoms with E-state index in [1.54, 1.807) is 18.4 Å². The van der Waals surface area contributed by atoms with Gasteiger partial charge in [-0.3, -0.25) is 4.99 Å². The zero-order chi connectivity index (χ0) is 19.1. The first-order chi connectivity index (χ1) is 12.4. The first kappa shape index (κ1) is 23.8. The van der Waals surface area contributed by atoms with Gasteiger partial charge in [0, 0.05) is 19.0 Å². The molecule has 1 aromatic heterocycles. The minimum absolute atomic E-state index is 0. The summed E-state index contributed by atoms with van der Waals surface area (Å²) in [6.07, 6.45) is 0. The quantitative estimate of drug-likeness (QED) is 0.340. The van der Waals surface area contributed by atoms with E-state index < -0.39 is 0 Å². The van der Waals surface area contributed by atoms with Crippen LogP contribution in [0, 0.1) is 5.82 Å². The first-order valence-corrected chi connectivity index (χ1v) is 9.59. The average Bonchev–Trinajstić information content (AvgIpc) is 3.08. The number of rotatable bonds is 7. The number of nitrogens with zero attached hydrogens (tertiary/aromatic N) is 3. The number of aliphatic imine (C=N–C) groups is 1. The molecule has 0 saturated carbocycles. The molecule has 0 radical (unpaired) electrons. The Morgan fingerprint density at radius 2 is 1.89 bits per heavy atom. The van der Waals surface area contributed by atoms with Gasteiger partial charge in [0.1, 0.15) is 10.8 Å². The monoisotopic (exact) mass is 505 g/mol. The fraction of sp³-hybridized carbons (Fsp3) is 0.474. The number of benzene rings is 1. The van der Waals surface area contributed by atoms with E-state index in [1.165, 1.54) is 12.1 Å². The van der Waals surface area contributed by atoms with Gasteiger partial charge in [0.15, 0.2) is 5.96 Å². The molecule has 8 heteroatoms. The van der Waals surface area contributed by atoms with E-state index in [1.807, 2.05) is 26.2 Å². The fourth-order valence-corrected chi connectivity index (χ4v) is 3.42. The second-order valence-corrected chi connectivity index (χ2v) is 7.60. The molecule has 0 aliphatic heterocycles. The van der Waals surface area contributed by atoms with Crippen molar-refractivity contribution in [2.24, 2.45) is 4.99 Å². The van der Waals surface area contributed by atoms with Crippen LogP contribution in [0.5, 0.6) is 0 Å². The molecule has 150 valence electrons. The van der Waals surface area contributed by atoms with Crippen molar-refractivity contribution >= 4 is 41.3 Å². The zero-order valence-electron chi connectivity index (χ0n) is 16.5. The van der Waals surface area contributed by atoms with Crippen molar-refractivity contribution in [3.8, 4) is 0 Å². The Morgan fingerprint density at radius 1 is 1.22 bits per heavy atom. The SMILES string of the molecule is CN=C(NCc1nc(C(C)C)cs1)NCC(c1ccc(F)cc1)N(C)C.I. The lowest BCUT2D eigenvalue weighted by Gasteiger charge is -2.26. The molecular formula is C19H29FIN5S. The highest BCUT2D eigenvalue weighted by atomic mass is 127. The molecule has 5 nitrogen and oxygen atoms in total. The summed E-state index contributed by atoms with van der Waals surface area (Å²) >= 11 is 1.66. The Balaban J connectivity index is 0.00000364. The topological polar surface area (TPSA) is 52.6 Å². The van der Waals surface area contributed by atoms with E-state index in [4.69, 9.17) is 0 Å². The Hall–Kier alpha value is -1.26. The fourth-order valence-electron chi connectivity index (χ4n) is 2.53. The third-order valence-electron chi connectivity index (χ3n) is 4.13. The maximum atomic E-state index is 13.2. The summed E-state index contributed by atoms with van der Waals surface area (Å²) in [5.41, 5.74) is 2.18. The molecule has 27 heavy (non-hydrogen) atoms. The molecular weight excluding hydrogens is 476 g/mol. The average molecular weight is 505 g/mol. The van der Waals surface area contributed by atoms with E-state index in [-0.39, 0.29) is 35.8 Å². The minimum atomic E-state index is -0.221. The molecule has 0 fully saturated rings. The molecule has 0 saturated heterocycles. The molecule has 2 aromatic rings. The largest absolute Gasteiger partial charge is 0.354 e. The third kappa shape index (κ3) is 7.34. The number of aromatic nitrogens is 1. The van der Waals surface area contributed by atoms with Gasteiger partial charge >= 0.3 is 0 Å². The maximum Gasteiger partial charge on any atom is 0.191 e. The predicted octanol–water partition coefficient (Wildman–Crippen LogP) is 3.99. The lowest BCUT2D eigenvalue weighted by molar-refractivity contribution is 0.298. The summed E-state index contributed by atoms with van der Waals surface area (Å²) in [7, 11) is 5.77. The van der Waals surface area contributed by atoms with Crippen molar-refractivity contribution in [3.63, 3.8) is 0 Å². The molecule has 1 atom stereocenters. The number of guanidine groups is 1. The second kappa shape index (κ2) is 11.6. The number of nitrogens with one attached hydrogen (secondary N) is 2. The van der Waals surface area contributed by atoms with E-state index >= 15 is 0 Å². The van der Waals surface area contributed by atoms with Gasteiger partial charge < -0.3 is 15.5 Å². The highest BCUT2D eigenvalue weighted by Gasteiger charge is 2.15. The Bertz CT molecular complexity index is 715. The summed E-state index contributed by atoms with van der Waals surface area (Å²) in [6.45, 7) is 5.58. The van der Waals surface area contributed by atoms with Crippen molar-refractivity contribution in [2.45, 2.75) is 32.4 Å². The Kier molecular flexibility index (Phi) is 10.2. The van der Waals surface area contributed by atoms with Crippen LogP contribution in [0.25, 0.3) is 0 Å². The number of likely N-dealkylation sites (N-methyl/N-ethyl adjacent to an activating group) is 1. The number of hydrogen-bond acceptors (Lipinski definition) is 4. The van der Waals surface area contributed by atoms with E-state index in [0.717, 1.165) is 22.2 Å². The van der Waals surface area contributed by atoms with Crippen molar-refractivity contribution in [2.75, 3.05) is 27.7 Å². The van der Waals surface area contributed by atoms with Crippen LogP contribution in [0.15, 0.2) is 34.6 Å². The third-order valence-corrected chi connectivity index (χ3v) is 5.00. The molecule has 1 heterocycles. The first-order valence-electron chi connectivity index (χ1n) is 8.71. The molecule has 1 aromatic carbocycles. The molecule has 0 spiro atoms. The van der Waals surface area contributed by atoms with Gasteiger partial charge in [-0.2, -0.15) is 0 Å². The van der Waals surface area contributed by atoms with Crippen LogP contribution in [-0.4, -0.2) is 43.5 Å². The summed E-state index contributed by atoms with van der Waals surface area (Å²) in [6, 6.07) is 6.74. The second-order valence-electron chi connectivity index (χ2n) is 6.66. The lowest BCUT2D eigenvalue weighted by atomic mass is 10.1. The van der Waals surface area contributed by atoms with E-state index in [0.29, 0.717) is 19.0 Å². The highest BCUT2D eigenvalue weighted by molar-refractivity contribution is 14.0. The van der Waals surface area contributed by atoms with Crippen LogP contribution in [0.4, 0.5) is 4.39 Å². The van der Waals surface area contributed by atoms with Gasteiger partial charge in [0.2, 0.25) is 0 Å². The van der Waals surface area contributed by atoms with Crippen LogP contribution in [0.3, 0.4) is 0 Å². The van der Waals surface area contributed by atoms with Gasteiger partial charge in [-0.1, -0.05) is 26.0 Å². The van der Waals surface area contributed by atoms with E-state index in [9.17, 15) is 4.39 Å². The van der Waals surface area contributed by atoms with Gasteiger partial charge in [-0.15, -0.1) is 35.3 Å². The van der Waals surface area contributed by atoms with Crippen LogP contribution in [-0.2, 0) is 6.54 Å². The number of hydrogen-bond donors (Lipinski definition) is 2. The standard InChI is InChI=1S/C19H28FN5S.HI/c1-13(2)16-12-26-18(24-16)11-23-19(21-3)22-10-17(25(4)5)14-6-8-15(20)9-7-14;/h6-9,12-13,17H,10-11H2,1-5H3,(H2,21,22,23);1H. The van der Waals surface area contributed by atoms with Crippen LogP contribution >= 0.6 is 35.3 Å². The summed E-state index contributed by atoms with van der Waals surface area (Å²) < 4.78 is 13.2. The molecule has 2 rings (SSSR count). The van der Waals surface area contributed by atoms with E-state index in [2.05, 4.69) is 44.7 Å². The Morgan fingerprint density at radius 3 is 2.41 bits per heavy atom. The normalized spacial score (nSPS) is 12.8. The summed E-state index contributed by atoms with van der Waals surface area (Å²) in [5, 5.41) is 9.79. The minimum Gasteiger partial charge on any atom is -0.354 e. The number of halogens is 2. The van der Waals surface area contributed by atoms with Crippen molar-refractivity contribution in [1.29, 1.82) is 0 Å². The van der Waals surface area contributed by atoms with Crippen molar-refractivity contribution < 1.29 is 4.39 Å². The van der Waals surface area contributed by atoms with Crippen LogP contribution in [0.1, 0.15) is 42.1 Å². The predicted molar refractivity (Wildman–Crippen MR) is 123 cm³/mol. The van der Waals surface area contributed by atoms with Gasteiger partial charge in [0.05, 0.1) is 18.3 Å². The lowest BCUT2D eigenvalue weighted by Crippen LogP contribution is -2.41. The maximum absolute atomic E-state index is 13.2. The smallest absolute Gasteiger partial charge is 0.191 e. The van der Waals surface area contributed by atoms with Gasteiger partial charge in [-0.25, -0.2) is 9.37 Å². The van der Waals surface area contributed by atoms with Crippen LogP contribution in [0.2, 0.25) is 0 Å². The van der Waals surface area contributed by atoms with Crippen molar-refractivity contribution in [3.05, 3.63) is 51.7 Å². The molecule has 0 bridgehead atoms. The van der Waals surface area contributed by atoms with Crippen LogP contribution < -0.4 is 10.6 Å². The van der Waals surface area contributed by atoms with Crippen molar-refractivity contribution in [1.82, 2.24) is 20.5 Å². The number of thiazole rings is 1. The molecule has 0 aliphatic carbocycles. The zero-order valence-corrected chi connectivity index (χ0v) is 19.6. The Labute approximate surface area is 182 Å². The molecule has 2 N–H and O–H groups in total. The molecule has 0 amide bonds.